The third kappa shape index (κ3) is 9.41. The Balaban J connectivity index is 0.00000625. The molecule has 0 fully saturated rings. The third-order valence-electron chi connectivity index (χ3n) is 13.5. The Kier molecular flexibility index (Phi) is 12.9. The van der Waals surface area contributed by atoms with E-state index in [2.05, 4.69) is 238 Å². The Bertz CT molecular complexity index is 3270. The molecule has 0 saturated carbocycles. The number of aromatic nitrogens is 3. The molecule has 9 aromatic rings. The fraction of sp³-hybridized carbons (Fsp3) is 0.238. The Hall–Kier alpha value is -6.35. The van der Waals surface area contributed by atoms with E-state index >= 15 is 0 Å². The molecule has 0 amide bonds. The van der Waals surface area contributed by atoms with Crippen LogP contribution in [0.3, 0.4) is 0 Å². The van der Waals surface area contributed by atoms with Crippen LogP contribution in [0.4, 0.5) is 0 Å². The standard InChI is InChI=1S/C63H62N3O.Pt/c1-60(2,3)47-28-30-55(52(39-47)41-20-14-12-15-21-41)66-56-27-19-26-51(58(56)65-59(66)53-40-48(61(4,5)6)29-31-57(53)67)44-34-45(37-50(36-44)62(7,8)9)54-38-43(32-33-64-54)42-22-18-25-49(35-42)63(10,11)46-23-16-13-17-24-46;/h12-33,35-40,67H,1-11H3;/q-1;. The fourth-order valence-electron chi connectivity index (χ4n) is 9.12. The Morgan fingerprint density at radius 1 is 0.456 bits per heavy atom. The van der Waals surface area contributed by atoms with Crippen LogP contribution in [-0.4, -0.2) is 19.6 Å². The van der Waals surface area contributed by atoms with E-state index < -0.39 is 0 Å². The molecular formula is C63H62N3OPt-. The number of rotatable bonds is 8. The van der Waals surface area contributed by atoms with E-state index in [-0.39, 0.29) is 48.5 Å². The zero-order valence-electron chi connectivity index (χ0n) is 41.3. The molecule has 4 nitrogen and oxygen atoms in total. The minimum atomic E-state index is -0.176. The summed E-state index contributed by atoms with van der Waals surface area (Å²) < 4.78 is 2.25. The molecule has 0 aliphatic heterocycles. The van der Waals surface area contributed by atoms with Crippen LogP contribution in [0, 0.1) is 6.07 Å². The van der Waals surface area contributed by atoms with Gasteiger partial charge in [-0.25, -0.2) is 4.98 Å². The molecule has 0 atom stereocenters. The summed E-state index contributed by atoms with van der Waals surface area (Å²) in [7, 11) is 0. The number of phenols is 1. The van der Waals surface area contributed by atoms with Crippen LogP contribution in [0.15, 0.2) is 170 Å². The number of benzene rings is 7. The molecule has 0 bridgehead atoms. The first-order chi connectivity index (χ1) is 31.8. The molecule has 9 rings (SSSR count). The molecule has 1 N–H and O–H groups in total. The monoisotopic (exact) mass is 1070 g/mol. The fourth-order valence-corrected chi connectivity index (χ4v) is 9.12. The smallest absolute Gasteiger partial charge is 0.148 e. The van der Waals surface area contributed by atoms with Gasteiger partial charge in [0.15, 0.2) is 0 Å². The van der Waals surface area contributed by atoms with E-state index in [1.54, 1.807) is 0 Å². The minimum absolute atomic E-state index is 0. The van der Waals surface area contributed by atoms with E-state index in [1.165, 1.54) is 22.3 Å². The molecule has 0 aliphatic carbocycles. The van der Waals surface area contributed by atoms with Gasteiger partial charge in [-0.3, -0.25) is 9.55 Å². The van der Waals surface area contributed by atoms with Gasteiger partial charge in [-0.05, 0) is 91.6 Å². The summed E-state index contributed by atoms with van der Waals surface area (Å²) in [5.74, 6) is 0.855. The van der Waals surface area contributed by atoms with Crippen molar-refractivity contribution < 1.29 is 26.2 Å². The van der Waals surface area contributed by atoms with E-state index in [0.29, 0.717) is 11.4 Å². The van der Waals surface area contributed by atoms with Crippen molar-refractivity contribution in [3.63, 3.8) is 0 Å². The summed E-state index contributed by atoms with van der Waals surface area (Å²) in [5.41, 5.74) is 17.0. The summed E-state index contributed by atoms with van der Waals surface area (Å²) in [5, 5.41) is 11.8. The van der Waals surface area contributed by atoms with E-state index in [1.807, 2.05) is 18.3 Å². The van der Waals surface area contributed by atoms with E-state index in [4.69, 9.17) is 9.97 Å². The Morgan fingerprint density at radius 3 is 1.71 bits per heavy atom. The largest absolute Gasteiger partial charge is 0.507 e. The van der Waals surface area contributed by atoms with Crippen LogP contribution in [-0.2, 0) is 42.7 Å². The first kappa shape index (κ1) is 48.1. The first-order valence-electron chi connectivity index (χ1n) is 23.5. The van der Waals surface area contributed by atoms with Crippen LogP contribution in [0.2, 0.25) is 0 Å². The van der Waals surface area contributed by atoms with Gasteiger partial charge >= 0.3 is 0 Å². The average molecular weight is 1070 g/mol. The third-order valence-corrected chi connectivity index (χ3v) is 13.5. The van der Waals surface area contributed by atoms with Gasteiger partial charge in [0.2, 0.25) is 0 Å². The normalized spacial score (nSPS) is 12.3. The van der Waals surface area contributed by atoms with Gasteiger partial charge < -0.3 is 5.11 Å². The summed E-state index contributed by atoms with van der Waals surface area (Å²) in [4.78, 5) is 10.6. The van der Waals surface area contributed by atoms with Gasteiger partial charge in [0.25, 0.3) is 0 Å². The summed E-state index contributed by atoms with van der Waals surface area (Å²) in [6.45, 7) is 24.7. The number of nitrogens with zero attached hydrogens (tertiary/aromatic N) is 3. The maximum atomic E-state index is 11.8. The number of phenolic OH excluding ortho intramolecular Hbond substituents is 1. The number of hydrogen-bond acceptors (Lipinski definition) is 3. The quantitative estimate of drug-likeness (QED) is 0.154. The van der Waals surface area contributed by atoms with Crippen LogP contribution in [0.5, 0.6) is 5.75 Å². The number of fused-ring (bicyclic) bond motifs is 1. The van der Waals surface area contributed by atoms with Crippen molar-refractivity contribution >= 4 is 11.0 Å². The molecule has 0 aliphatic rings. The molecule has 0 radical (unpaired) electrons. The molecule has 2 aromatic heterocycles. The topological polar surface area (TPSA) is 50.9 Å². The van der Waals surface area contributed by atoms with Crippen molar-refractivity contribution in [2.75, 3.05) is 0 Å². The summed E-state index contributed by atoms with van der Waals surface area (Å²) in [6.07, 6.45) is 1.92. The number of aromatic hydroxyl groups is 1. The van der Waals surface area contributed by atoms with Gasteiger partial charge in [0.05, 0.1) is 22.3 Å². The zero-order chi connectivity index (χ0) is 47.5. The second-order valence-electron chi connectivity index (χ2n) is 21.7. The molecule has 7 aromatic carbocycles. The molecule has 68 heavy (non-hydrogen) atoms. The van der Waals surface area contributed by atoms with Crippen molar-refractivity contribution in [2.45, 2.75) is 97.8 Å². The van der Waals surface area contributed by atoms with Gasteiger partial charge in [0.1, 0.15) is 11.6 Å². The zero-order valence-corrected chi connectivity index (χ0v) is 43.5. The average Bonchev–Trinajstić information content (AvgIpc) is 3.70. The molecule has 2 heterocycles. The second kappa shape index (κ2) is 18.3. The summed E-state index contributed by atoms with van der Waals surface area (Å²) >= 11 is 0. The number of pyridine rings is 1. The van der Waals surface area contributed by atoms with E-state index in [0.717, 1.165) is 66.9 Å². The number of hydrogen-bond donors (Lipinski definition) is 1. The van der Waals surface area contributed by atoms with Gasteiger partial charge in [0, 0.05) is 43.9 Å². The van der Waals surface area contributed by atoms with Crippen molar-refractivity contribution in [3.8, 4) is 67.5 Å². The number of imidazole rings is 1. The molecule has 0 saturated heterocycles. The SMILES string of the molecule is CC(C)(C)c1cc(-c2cc(-c3cccc(C(C)(C)c4ccccc4)c3)ccn2)[c-]c(-c2cccc3c2nc(-c2cc(C(C)(C)C)ccc2O)n3-c2ccc(C(C)(C)C)cc2-c2ccccc2)c1.[Pt]. The van der Waals surface area contributed by atoms with Gasteiger partial charge in [-0.2, -0.15) is 0 Å². The van der Waals surface area contributed by atoms with E-state index in [9.17, 15) is 5.11 Å². The van der Waals surface area contributed by atoms with Crippen molar-refractivity contribution in [1.82, 2.24) is 14.5 Å². The van der Waals surface area contributed by atoms with Gasteiger partial charge in [-0.15, -0.1) is 29.3 Å². The van der Waals surface area contributed by atoms with Crippen LogP contribution < -0.4 is 0 Å². The van der Waals surface area contributed by atoms with Crippen LogP contribution in [0.25, 0.3) is 72.7 Å². The molecule has 0 spiro atoms. The number of para-hydroxylation sites is 1. The van der Waals surface area contributed by atoms with Crippen molar-refractivity contribution in [2.24, 2.45) is 0 Å². The van der Waals surface area contributed by atoms with Gasteiger partial charge in [-0.1, -0.05) is 203 Å². The van der Waals surface area contributed by atoms with Crippen molar-refractivity contribution in [3.05, 3.63) is 204 Å². The van der Waals surface area contributed by atoms with Crippen LogP contribution in [0.1, 0.15) is 104 Å². The Morgan fingerprint density at radius 2 is 1.03 bits per heavy atom. The molecular weight excluding hydrogens is 1010 g/mol. The first-order valence-corrected chi connectivity index (χ1v) is 23.5. The van der Waals surface area contributed by atoms with Crippen LogP contribution >= 0.6 is 0 Å². The van der Waals surface area contributed by atoms with Crippen molar-refractivity contribution in [1.29, 1.82) is 0 Å². The Labute approximate surface area is 418 Å². The predicted molar refractivity (Wildman–Crippen MR) is 281 cm³/mol. The predicted octanol–water partition coefficient (Wildman–Crippen LogP) is 16.5. The maximum Gasteiger partial charge on any atom is 0.148 e. The molecule has 0 unspecified atom stereocenters. The summed E-state index contributed by atoms with van der Waals surface area (Å²) in [6, 6.07) is 62.0. The second-order valence-corrected chi connectivity index (χ2v) is 21.7. The maximum absolute atomic E-state index is 11.8. The molecule has 5 heteroatoms. The minimum Gasteiger partial charge on any atom is -0.507 e. The molecule has 346 valence electrons.